The molecule has 0 radical (unpaired) electrons. The van der Waals surface area contributed by atoms with Crippen LogP contribution in [0, 0.1) is 5.82 Å². The van der Waals surface area contributed by atoms with E-state index in [-0.39, 0.29) is 31.0 Å². The molecule has 1 aliphatic rings. The first kappa shape index (κ1) is 20.8. The van der Waals surface area contributed by atoms with Crippen molar-refractivity contribution in [2.45, 2.75) is 31.4 Å². The average Bonchev–Trinajstić information content (AvgIpc) is 3.22. The summed E-state index contributed by atoms with van der Waals surface area (Å²) in [6, 6.07) is 19.5. The number of hydrogen-bond acceptors (Lipinski definition) is 4. The summed E-state index contributed by atoms with van der Waals surface area (Å²) in [7, 11) is 1.30. The van der Waals surface area contributed by atoms with E-state index in [2.05, 4.69) is 0 Å². The number of methoxy groups -OCH3 is 1. The zero-order valence-electron chi connectivity index (χ0n) is 17.3. The van der Waals surface area contributed by atoms with Crippen LogP contribution in [0.4, 0.5) is 4.39 Å². The van der Waals surface area contributed by atoms with E-state index in [4.69, 9.17) is 9.47 Å². The molecule has 3 aromatic rings. The van der Waals surface area contributed by atoms with Gasteiger partial charge in [-0.2, -0.15) is 0 Å². The second kappa shape index (κ2) is 9.16. The van der Waals surface area contributed by atoms with Gasteiger partial charge < -0.3 is 14.4 Å². The van der Waals surface area contributed by atoms with Gasteiger partial charge in [-0.05, 0) is 34.9 Å². The number of rotatable bonds is 6. The monoisotopic (exact) mass is 421 g/mol. The van der Waals surface area contributed by atoms with Crippen molar-refractivity contribution in [3.05, 3.63) is 78.1 Å². The number of carbonyl (C=O) groups excluding carboxylic acids is 2. The Labute approximate surface area is 180 Å². The lowest BCUT2D eigenvalue weighted by Gasteiger charge is -2.22. The van der Waals surface area contributed by atoms with Crippen LogP contribution in [0.25, 0.3) is 10.8 Å². The van der Waals surface area contributed by atoms with Crippen LogP contribution >= 0.6 is 0 Å². The second-order valence-corrected chi connectivity index (χ2v) is 7.63. The van der Waals surface area contributed by atoms with Crippen LogP contribution in [0.3, 0.4) is 0 Å². The Morgan fingerprint density at radius 1 is 1.03 bits per heavy atom. The molecule has 0 saturated carbocycles. The first-order valence-electron chi connectivity index (χ1n) is 10.3. The topological polar surface area (TPSA) is 55.8 Å². The minimum atomic E-state index is -0.734. The predicted octanol–water partition coefficient (Wildman–Crippen LogP) is 4.13. The number of halogens is 1. The van der Waals surface area contributed by atoms with Gasteiger partial charge in [0.1, 0.15) is 12.1 Å². The Morgan fingerprint density at radius 2 is 1.77 bits per heavy atom. The van der Waals surface area contributed by atoms with Gasteiger partial charge in [-0.15, -0.1) is 0 Å². The van der Waals surface area contributed by atoms with E-state index in [1.165, 1.54) is 24.1 Å². The Morgan fingerprint density at radius 3 is 2.58 bits per heavy atom. The van der Waals surface area contributed by atoms with Crippen molar-refractivity contribution in [2.24, 2.45) is 0 Å². The van der Waals surface area contributed by atoms with Crippen LogP contribution in [0.2, 0.25) is 0 Å². The smallest absolute Gasteiger partial charge is 0.328 e. The van der Waals surface area contributed by atoms with E-state index >= 15 is 0 Å². The molecule has 1 amide bonds. The average molecular weight is 421 g/mol. The van der Waals surface area contributed by atoms with E-state index in [0.29, 0.717) is 6.42 Å². The van der Waals surface area contributed by atoms with Crippen LogP contribution in [0.15, 0.2) is 66.7 Å². The maximum absolute atomic E-state index is 14.0. The van der Waals surface area contributed by atoms with Gasteiger partial charge in [-0.3, -0.25) is 4.79 Å². The van der Waals surface area contributed by atoms with Gasteiger partial charge in [0.05, 0.1) is 13.7 Å². The first-order chi connectivity index (χ1) is 15.1. The maximum atomic E-state index is 14.0. The lowest BCUT2D eigenvalue weighted by atomic mass is 10.0. The summed E-state index contributed by atoms with van der Waals surface area (Å²) in [5.41, 5.74) is 1.08. The minimum absolute atomic E-state index is 0.112. The fourth-order valence-corrected chi connectivity index (χ4v) is 4.13. The highest BCUT2D eigenvalue weighted by Gasteiger charge is 2.41. The number of ether oxygens (including phenoxy) is 2. The van der Waals surface area contributed by atoms with Crippen LogP contribution < -0.4 is 4.74 Å². The molecule has 0 bridgehead atoms. The summed E-state index contributed by atoms with van der Waals surface area (Å²) >= 11 is 0. The number of likely N-dealkylation sites (tertiary alicyclic amines) is 1. The van der Waals surface area contributed by atoms with Gasteiger partial charge in [0.15, 0.2) is 11.6 Å². The summed E-state index contributed by atoms with van der Waals surface area (Å²) in [6.45, 7) is 0.211. The molecule has 160 valence electrons. The summed E-state index contributed by atoms with van der Waals surface area (Å²) < 4.78 is 24.6. The molecule has 2 unspecified atom stereocenters. The number of hydrogen-bond donors (Lipinski definition) is 0. The van der Waals surface area contributed by atoms with Crippen molar-refractivity contribution in [1.29, 1.82) is 0 Å². The minimum Gasteiger partial charge on any atom is -0.485 e. The maximum Gasteiger partial charge on any atom is 0.328 e. The Bertz CT molecular complexity index is 1090. The van der Waals surface area contributed by atoms with Crippen molar-refractivity contribution >= 4 is 22.6 Å². The molecule has 2 atom stereocenters. The Kier molecular flexibility index (Phi) is 6.16. The first-order valence-corrected chi connectivity index (χ1v) is 10.3. The van der Waals surface area contributed by atoms with Gasteiger partial charge in [0, 0.05) is 12.8 Å². The SMILES string of the molecule is COC(=O)C1CC(Oc2ccccc2F)CN1C(=O)CCc1cccc2ccccc12. The summed E-state index contributed by atoms with van der Waals surface area (Å²) in [5, 5.41) is 2.24. The van der Waals surface area contributed by atoms with E-state index in [1.807, 2.05) is 42.5 Å². The van der Waals surface area contributed by atoms with Crippen LogP contribution in [-0.4, -0.2) is 42.6 Å². The van der Waals surface area contributed by atoms with Gasteiger partial charge in [-0.1, -0.05) is 54.6 Å². The molecule has 1 aliphatic heterocycles. The number of aryl methyl sites for hydroxylation is 1. The molecule has 0 N–H and O–H groups in total. The molecule has 5 nitrogen and oxygen atoms in total. The van der Waals surface area contributed by atoms with Crippen molar-refractivity contribution < 1.29 is 23.5 Å². The molecule has 31 heavy (non-hydrogen) atoms. The molecule has 0 spiro atoms. The molecular formula is C25H24FNO4. The van der Waals surface area contributed by atoms with Gasteiger partial charge in [-0.25, -0.2) is 9.18 Å². The normalized spacial score (nSPS) is 18.2. The third-order valence-corrected chi connectivity index (χ3v) is 5.67. The molecule has 1 heterocycles. The molecular weight excluding hydrogens is 397 g/mol. The number of amides is 1. The third-order valence-electron chi connectivity index (χ3n) is 5.67. The summed E-state index contributed by atoms with van der Waals surface area (Å²) in [5.74, 6) is -1.000. The van der Waals surface area contributed by atoms with E-state index in [9.17, 15) is 14.0 Å². The largest absolute Gasteiger partial charge is 0.485 e. The van der Waals surface area contributed by atoms with Gasteiger partial charge in [0.2, 0.25) is 5.91 Å². The molecule has 6 heteroatoms. The molecule has 1 fully saturated rings. The number of benzene rings is 3. The fraction of sp³-hybridized carbons (Fsp3) is 0.280. The van der Waals surface area contributed by atoms with Crippen molar-refractivity contribution in [3.63, 3.8) is 0 Å². The van der Waals surface area contributed by atoms with Crippen LogP contribution in [0.5, 0.6) is 5.75 Å². The number of esters is 1. The zero-order valence-corrected chi connectivity index (χ0v) is 17.3. The van der Waals surface area contributed by atoms with Crippen molar-refractivity contribution in [3.8, 4) is 5.75 Å². The highest BCUT2D eigenvalue weighted by Crippen LogP contribution is 2.27. The molecule has 3 aromatic carbocycles. The van der Waals surface area contributed by atoms with E-state index in [1.54, 1.807) is 12.1 Å². The lowest BCUT2D eigenvalue weighted by molar-refractivity contribution is -0.150. The summed E-state index contributed by atoms with van der Waals surface area (Å²) in [4.78, 5) is 26.8. The van der Waals surface area contributed by atoms with Crippen LogP contribution in [-0.2, 0) is 20.7 Å². The predicted molar refractivity (Wildman–Crippen MR) is 115 cm³/mol. The zero-order chi connectivity index (χ0) is 21.8. The molecule has 4 rings (SSSR count). The standard InChI is InChI=1S/C25H24FNO4/c1-30-25(29)22-15-19(31-23-12-5-4-11-21(23)26)16-27(22)24(28)14-13-18-9-6-8-17-7-2-3-10-20(17)18/h2-12,19,22H,13-16H2,1H3. The Balaban J connectivity index is 1.47. The van der Waals surface area contributed by atoms with Gasteiger partial charge >= 0.3 is 5.97 Å². The van der Waals surface area contributed by atoms with Crippen molar-refractivity contribution in [1.82, 2.24) is 4.90 Å². The second-order valence-electron chi connectivity index (χ2n) is 7.63. The Hall–Kier alpha value is -3.41. The molecule has 0 aromatic heterocycles. The number of nitrogens with zero attached hydrogens (tertiary/aromatic N) is 1. The highest BCUT2D eigenvalue weighted by molar-refractivity contribution is 5.88. The number of fused-ring (bicyclic) bond motifs is 1. The van der Waals surface area contributed by atoms with E-state index in [0.717, 1.165) is 16.3 Å². The highest BCUT2D eigenvalue weighted by atomic mass is 19.1. The molecule has 1 saturated heterocycles. The van der Waals surface area contributed by atoms with E-state index < -0.39 is 23.9 Å². The summed E-state index contributed by atoms with van der Waals surface area (Å²) in [6.07, 6.45) is 0.598. The van der Waals surface area contributed by atoms with Crippen LogP contribution in [0.1, 0.15) is 18.4 Å². The van der Waals surface area contributed by atoms with Crippen molar-refractivity contribution in [2.75, 3.05) is 13.7 Å². The lowest BCUT2D eigenvalue weighted by Crippen LogP contribution is -2.41. The number of carbonyl (C=O) groups is 2. The van der Waals surface area contributed by atoms with Gasteiger partial charge in [0.25, 0.3) is 0 Å². The fourth-order valence-electron chi connectivity index (χ4n) is 4.13. The third kappa shape index (κ3) is 4.53. The number of para-hydroxylation sites is 1. The quantitative estimate of drug-likeness (QED) is 0.562. The molecule has 0 aliphatic carbocycles.